The fraction of sp³-hybridized carbons (Fsp3) is 0.304. The number of rotatable bonds is 8. The molecule has 0 aromatic heterocycles. The zero-order valence-electron chi connectivity index (χ0n) is 16.4. The lowest BCUT2D eigenvalue weighted by molar-refractivity contribution is -0.134. The molecular formula is C23H23Cl2NO3S. The van der Waals surface area contributed by atoms with E-state index in [2.05, 4.69) is 5.32 Å². The van der Waals surface area contributed by atoms with Crippen LogP contribution < -0.4 is 5.32 Å². The second-order valence-corrected chi connectivity index (χ2v) is 9.22. The Labute approximate surface area is 190 Å². The number of benzene rings is 2. The van der Waals surface area contributed by atoms with Crippen molar-refractivity contribution in [2.45, 2.75) is 48.3 Å². The van der Waals surface area contributed by atoms with Gasteiger partial charge in [0.1, 0.15) is 5.70 Å². The highest BCUT2D eigenvalue weighted by Gasteiger charge is 2.18. The van der Waals surface area contributed by atoms with Crippen molar-refractivity contribution in [3.8, 4) is 0 Å². The van der Waals surface area contributed by atoms with Crippen LogP contribution in [-0.4, -0.2) is 17.0 Å². The lowest BCUT2D eigenvalue weighted by atomic mass is 10.0. The monoisotopic (exact) mass is 463 g/mol. The molecule has 30 heavy (non-hydrogen) atoms. The maximum atomic E-state index is 12.2. The number of hydrogen-bond donors (Lipinski definition) is 2. The zero-order chi connectivity index (χ0) is 21.5. The largest absolute Gasteiger partial charge is 0.477 e. The SMILES string of the molecule is O=C(CCC1CCCC1)N/C(=C/c1ccc(Sc2c(Cl)cccc2Cl)cc1)C(=O)O. The summed E-state index contributed by atoms with van der Waals surface area (Å²) in [5.41, 5.74) is 0.555. The molecule has 4 nitrogen and oxygen atoms in total. The van der Waals surface area contributed by atoms with Crippen LogP contribution in [0, 0.1) is 5.92 Å². The number of aliphatic carboxylic acids is 1. The van der Waals surface area contributed by atoms with E-state index >= 15 is 0 Å². The number of halogens is 2. The molecule has 2 N–H and O–H groups in total. The van der Waals surface area contributed by atoms with Crippen LogP contribution in [0.4, 0.5) is 0 Å². The van der Waals surface area contributed by atoms with E-state index in [1.54, 1.807) is 30.3 Å². The van der Waals surface area contributed by atoms with E-state index in [0.717, 1.165) is 16.2 Å². The maximum absolute atomic E-state index is 12.2. The summed E-state index contributed by atoms with van der Waals surface area (Å²) in [6.07, 6.45) is 7.41. The molecule has 0 bridgehead atoms. The van der Waals surface area contributed by atoms with Gasteiger partial charge in [-0.05, 0) is 48.2 Å². The lowest BCUT2D eigenvalue weighted by Gasteiger charge is -2.10. The number of carbonyl (C=O) groups is 2. The summed E-state index contributed by atoms with van der Waals surface area (Å²) >= 11 is 13.9. The summed E-state index contributed by atoms with van der Waals surface area (Å²) in [4.78, 5) is 25.4. The zero-order valence-corrected chi connectivity index (χ0v) is 18.7. The number of carboxylic acids is 1. The normalized spacial score (nSPS) is 14.7. The molecule has 1 amide bonds. The number of carboxylic acid groups (broad SMARTS) is 1. The molecule has 0 radical (unpaired) electrons. The molecule has 0 saturated heterocycles. The van der Waals surface area contributed by atoms with Gasteiger partial charge in [0.2, 0.25) is 5.91 Å². The molecule has 0 aliphatic heterocycles. The summed E-state index contributed by atoms with van der Waals surface area (Å²) in [7, 11) is 0. The molecule has 3 rings (SSSR count). The standard InChI is InChI=1S/C23H23Cl2NO3S/c24-18-6-3-7-19(25)22(18)30-17-11-8-16(9-12-17)14-20(23(28)29)26-21(27)13-10-15-4-1-2-5-15/h3,6-9,11-12,14-15H,1-2,4-5,10,13H2,(H,26,27)(H,28,29)/b20-14+. The third kappa shape index (κ3) is 6.53. The summed E-state index contributed by atoms with van der Waals surface area (Å²) in [6.45, 7) is 0. The minimum atomic E-state index is -1.16. The predicted octanol–water partition coefficient (Wildman–Crippen LogP) is 6.66. The van der Waals surface area contributed by atoms with Gasteiger partial charge in [0.15, 0.2) is 0 Å². The van der Waals surface area contributed by atoms with Crippen LogP contribution in [0.25, 0.3) is 6.08 Å². The summed E-state index contributed by atoms with van der Waals surface area (Å²) < 4.78 is 0. The van der Waals surface area contributed by atoms with Gasteiger partial charge in [0, 0.05) is 16.2 Å². The van der Waals surface area contributed by atoms with E-state index in [9.17, 15) is 14.7 Å². The molecule has 7 heteroatoms. The molecule has 0 spiro atoms. The van der Waals surface area contributed by atoms with Crippen molar-refractivity contribution < 1.29 is 14.7 Å². The number of hydrogen-bond acceptors (Lipinski definition) is 3. The van der Waals surface area contributed by atoms with Crippen LogP contribution in [-0.2, 0) is 9.59 Å². The third-order valence-corrected chi connectivity index (χ3v) is 7.09. The fourth-order valence-corrected chi connectivity index (χ4v) is 4.96. The van der Waals surface area contributed by atoms with Gasteiger partial charge in [-0.3, -0.25) is 4.79 Å². The van der Waals surface area contributed by atoms with Crippen molar-refractivity contribution in [1.29, 1.82) is 0 Å². The van der Waals surface area contributed by atoms with E-state index in [4.69, 9.17) is 23.2 Å². The van der Waals surface area contributed by atoms with Crippen molar-refractivity contribution in [1.82, 2.24) is 5.32 Å². The molecular weight excluding hydrogens is 441 g/mol. The topological polar surface area (TPSA) is 66.4 Å². The number of amides is 1. The molecule has 2 aromatic rings. The van der Waals surface area contributed by atoms with Gasteiger partial charge in [0.05, 0.1) is 10.0 Å². The minimum Gasteiger partial charge on any atom is -0.477 e. The van der Waals surface area contributed by atoms with Gasteiger partial charge in [-0.2, -0.15) is 0 Å². The summed E-state index contributed by atoms with van der Waals surface area (Å²) in [5, 5.41) is 13.1. The van der Waals surface area contributed by atoms with Gasteiger partial charge >= 0.3 is 5.97 Å². The van der Waals surface area contributed by atoms with Gasteiger partial charge < -0.3 is 10.4 Å². The molecule has 1 fully saturated rings. The maximum Gasteiger partial charge on any atom is 0.352 e. The Bertz CT molecular complexity index is 918. The summed E-state index contributed by atoms with van der Waals surface area (Å²) in [6, 6.07) is 12.7. The number of nitrogens with one attached hydrogen (secondary N) is 1. The molecule has 1 saturated carbocycles. The summed E-state index contributed by atoms with van der Waals surface area (Å²) in [5.74, 6) is -0.828. The average Bonchev–Trinajstić information content (AvgIpc) is 3.23. The average molecular weight is 464 g/mol. The van der Waals surface area contributed by atoms with Crippen molar-refractivity contribution in [3.63, 3.8) is 0 Å². The first kappa shape index (κ1) is 22.7. The Kier molecular flexibility index (Phi) is 8.25. The van der Waals surface area contributed by atoms with Gasteiger partial charge in [-0.1, -0.05) is 78.8 Å². The molecule has 0 atom stereocenters. The lowest BCUT2D eigenvalue weighted by Crippen LogP contribution is -2.27. The first-order valence-corrected chi connectivity index (χ1v) is 11.5. The fourth-order valence-electron chi connectivity index (χ4n) is 3.49. The Morgan fingerprint density at radius 3 is 2.30 bits per heavy atom. The smallest absolute Gasteiger partial charge is 0.352 e. The van der Waals surface area contributed by atoms with Crippen LogP contribution in [0.15, 0.2) is 58.0 Å². The molecule has 0 unspecified atom stereocenters. The van der Waals surface area contributed by atoms with E-state index in [1.165, 1.54) is 43.5 Å². The van der Waals surface area contributed by atoms with Crippen LogP contribution in [0.5, 0.6) is 0 Å². The quantitative estimate of drug-likeness (QED) is 0.429. The first-order valence-electron chi connectivity index (χ1n) is 9.89. The van der Waals surface area contributed by atoms with Gasteiger partial charge in [-0.15, -0.1) is 0 Å². The number of carbonyl (C=O) groups excluding carboxylic acids is 1. The molecule has 158 valence electrons. The van der Waals surface area contributed by atoms with Crippen LogP contribution in [0.3, 0.4) is 0 Å². The third-order valence-electron chi connectivity index (χ3n) is 5.09. The van der Waals surface area contributed by atoms with Gasteiger partial charge in [0.25, 0.3) is 0 Å². The predicted molar refractivity (Wildman–Crippen MR) is 122 cm³/mol. The highest BCUT2D eigenvalue weighted by Crippen LogP contribution is 2.38. The van der Waals surface area contributed by atoms with E-state index in [1.807, 2.05) is 12.1 Å². The van der Waals surface area contributed by atoms with E-state index < -0.39 is 5.97 Å². The van der Waals surface area contributed by atoms with Gasteiger partial charge in [-0.25, -0.2) is 4.79 Å². The minimum absolute atomic E-state index is 0.124. The van der Waals surface area contributed by atoms with Crippen LogP contribution in [0.2, 0.25) is 10.0 Å². The Balaban J connectivity index is 1.63. The van der Waals surface area contributed by atoms with Crippen molar-refractivity contribution in [3.05, 3.63) is 63.8 Å². The van der Waals surface area contributed by atoms with E-state index in [-0.39, 0.29) is 11.6 Å². The van der Waals surface area contributed by atoms with Crippen molar-refractivity contribution >= 4 is 52.9 Å². The molecule has 1 aliphatic carbocycles. The highest BCUT2D eigenvalue weighted by atomic mass is 35.5. The van der Waals surface area contributed by atoms with Crippen LogP contribution in [0.1, 0.15) is 44.1 Å². The van der Waals surface area contributed by atoms with Crippen LogP contribution >= 0.6 is 35.0 Å². The Hall–Kier alpha value is -1.95. The Morgan fingerprint density at radius 1 is 1.07 bits per heavy atom. The van der Waals surface area contributed by atoms with Crippen molar-refractivity contribution in [2.75, 3.05) is 0 Å². The molecule has 0 heterocycles. The van der Waals surface area contributed by atoms with Crippen molar-refractivity contribution in [2.24, 2.45) is 5.92 Å². The second kappa shape index (κ2) is 10.9. The molecule has 1 aliphatic rings. The Morgan fingerprint density at radius 2 is 1.70 bits per heavy atom. The first-order chi connectivity index (χ1) is 14.4. The second-order valence-electron chi connectivity index (χ2n) is 7.32. The highest BCUT2D eigenvalue weighted by molar-refractivity contribution is 7.99. The molecule has 2 aromatic carbocycles. The van der Waals surface area contributed by atoms with E-state index in [0.29, 0.717) is 27.9 Å².